The first-order valence-electron chi connectivity index (χ1n) is 6.17. The predicted octanol–water partition coefficient (Wildman–Crippen LogP) is 2.14. The van der Waals surface area contributed by atoms with Crippen molar-refractivity contribution >= 4 is 11.9 Å². The van der Waals surface area contributed by atoms with E-state index in [9.17, 15) is 9.59 Å². The highest BCUT2D eigenvalue weighted by Gasteiger charge is 2.46. The third-order valence-electron chi connectivity index (χ3n) is 4.15. The van der Waals surface area contributed by atoms with E-state index >= 15 is 0 Å². The Labute approximate surface area is 102 Å². The molecule has 0 N–H and O–H groups in total. The van der Waals surface area contributed by atoms with Crippen molar-refractivity contribution in [3.8, 4) is 0 Å². The van der Waals surface area contributed by atoms with E-state index in [0.29, 0.717) is 19.4 Å². The molecule has 1 aliphatic heterocycles. The summed E-state index contributed by atoms with van der Waals surface area (Å²) in [6.07, 6.45) is 6.78. The van der Waals surface area contributed by atoms with Crippen molar-refractivity contribution in [2.45, 2.75) is 38.6 Å². The van der Waals surface area contributed by atoms with Crippen LogP contribution in [0.1, 0.15) is 32.6 Å². The van der Waals surface area contributed by atoms with E-state index in [0.717, 1.165) is 12.8 Å². The van der Waals surface area contributed by atoms with Gasteiger partial charge in [-0.3, -0.25) is 4.79 Å². The molecule has 2 aliphatic rings. The topological polar surface area (TPSA) is 46.6 Å². The zero-order valence-corrected chi connectivity index (χ0v) is 10.4. The highest BCUT2D eigenvalue weighted by molar-refractivity contribution is 5.81. The second-order valence-corrected chi connectivity index (χ2v) is 4.87. The van der Waals surface area contributed by atoms with Crippen molar-refractivity contribution in [1.29, 1.82) is 0 Å². The maximum absolute atomic E-state index is 11.7. The fourth-order valence-electron chi connectivity index (χ4n) is 3.05. The summed E-state index contributed by atoms with van der Waals surface area (Å²) >= 11 is 0. The number of rotatable bonds is 1. The van der Waals surface area contributed by atoms with Crippen molar-refractivity contribution in [2.75, 3.05) is 13.7 Å². The second kappa shape index (κ2) is 4.51. The number of ether oxygens (including phenoxy) is 1. The smallest absolute Gasteiger partial charge is 0.410 e. The molecule has 0 aromatic carbocycles. The van der Waals surface area contributed by atoms with Crippen LogP contribution < -0.4 is 0 Å². The maximum atomic E-state index is 11.7. The molecular formula is C13H19NO3. The molecule has 4 nitrogen and oxygen atoms in total. The van der Waals surface area contributed by atoms with Crippen LogP contribution in [0.4, 0.5) is 4.79 Å². The number of methoxy groups -OCH3 is 1. The fourth-order valence-corrected chi connectivity index (χ4v) is 3.05. The summed E-state index contributed by atoms with van der Waals surface area (Å²) in [5.41, 5.74) is -0.0274. The number of amides is 1. The number of ketones is 1. The van der Waals surface area contributed by atoms with E-state index in [1.807, 2.05) is 6.08 Å². The van der Waals surface area contributed by atoms with Crippen molar-refractivity contribution in [1.82, 2.24) is 4.90 Å². The average molecular weight is 237 g/mol. The molecule has 1 fully saturated rings. The number of hydrogen-bond acceptors (Lipinski definition) is 3. The van der Waals surface area contributed by atoms with Crippen LogP contribution in [-0.4, -0.2) is 36.5 Å². The number of Topliss-reactive ketones (excluding diaryl/α,β-unsaturated/α-hetero) is 1. The maximum Gasteiger partial charge on any atom is 0.410 e. The van der Waals surface area contributed by atoms with Gasteiger partial charge in [0.05, 0.1) is 13.2 Å². The molecule has 0 unspecified atom stereocenters. The van der Waals surface area contributed by atoms with E-state index in [4.69, 9.17) is 4.74 Å². The Morgan fingerprint density at radius 3 is 3.06 bits per heavy atom. The van der Waals surface area contributed by atoms with Crippen LogP contribution in [0.5, 0.6) is 0 Å². The van der Waals surface area contributed by atoms with Gasteiger partial charge in [0, 0.05) is 24.8 Å². The number of carbonyl (C=O) groups is 2. The Hall–Kier alpha value is -1.32. The molecule has 0 aromatic heterocycles. The van der Waals surface area contributed by atoms with Gasteiger partial charge in [0.1, 0.15) is 5.78 Å². The van der Waals surface area contributed by atoms with E-state index in [-0.39, 0.29) is 23.3 Å². The molecule has 1 aliphatic carbocycles. The third kappa shape index (κ3) is 1.96. The van der Waals surface area contributed by atoms with Crippen molar-refractivity contribution in [3.05, 3.63) is 12.2 Å². The van der Waals surface area contributed by atoms with Gasteiger partial charge in [-0.25, -0.2) is 4.79 Å². The molecule has 1 saturated carbocycles. The van der Waals surface area contributed by atoms with Crippen LogP contribution >= 0.6 is 0 Å². The van der Waals surface area contributed by atoms with Gasteiger partial charge in [-0.05, 0) is 12.8 Å². The summed E-state index contributed by atoms with van der Waals surface area (Å²) in [4.78, 5) is 25.1. The van der Waals surface area contributed by atoms with Gasteiger partial charge in [0.2, 0.25) is 0 Å². The zero-order valence-electron chi connectivity index (χ0n) is 10.4. The minimum Gasteiger partial charge on any atom is -0.453 e. The molecule has 0 radical (unpaired) electrons. The molecule has 0 saturated heterocycles. The van der Waals surface area contributed by atoms with Crippen LogP contribution in [0.2, 0.25) is 0 Å². The first kappa shape index (κ1) is 12.1. The largest absolute Gasteiger partial charge is 0.453 e. The number of nitrogens with zero attached hydrogens (tertiary/aromatic N) is 1. The van der Waals surface area contributed by atoms with Crippen LogP contribution in [0.25, 0.3) is 0 Å². The summed E-state index contributed by atoms with van der Waals surface area (Å²) in [6, 6.07) is -0.0220. The zero-order chi connectivity index (χ0) is 12.5. The molecule has 2 rings (SSSR count). The normalized spacial score (nSPS) is 32.2. The van der Waals surface area contributed by atoms with Gasteiger partial charge < -0.3 is 9.64 Å². The molecule has 4 heteroatoms. The Morgan fingerprint density at radius 2 is 2.41 bits per heavy atom. The van der Waals surface area contributed by atoms with Gasteiger partial charge >= 0.3 is 6.09 Å². The first-order valence-corrected chi connectivity index (χ1v) is 6.17. The Bertz CT molecular complexity index is 364. The van der Waals surface area contributed by atoms with Gasteiger partial charge in [-0.1, -0.05) is 19.1 Å². The molecule has 17 heavy (non-hydrogen) atoms. The third-order valence-corrected chi connectivity index (χ3v) is 4.15. The molecule has 2 atom stereocenters. The lowest BCUT2D eigenvalue weighted by atomic mass is 9.66. The standard InChI is InChI=1S/C13H19NO3/c1-3-13-6-4-8-14(12(16)17-2)11(13)9-10(15)5-7-13/h4,6,11H,3,5,7-9H2,1-2H3/t11-,13+/m1/s1. The lowest BCUT2D eigenvalue weighted by molar-refractivity contribution is -0.124. The lowest BCUT2D eigenvalue weighted by Crippen LogP contribution is -2.55. The lowest BCUT2D eigenvalue weighted by Gasteiger charge is -2.48. The van der Waals surface area contributed by atoms with Gasteiger partial charge in [0.25, 0.3) is 0 Å². The quantitative estimate of drug-likeness (QED) is 0.656. The van der Waals surface area contributed by atoms with Crippen LogP contribution in [0.15, 0.2) is 12.2 Å². The molecular weight excluding hydrogens is 218 g/mol. The minimum absolute atomic E-state index is 0.0220. The van der Waals surface area contributed by atoms with Crippen LogP contribution in [-0.2, 0) is 9.53 Å². The summed E-state index contributed by atoms with van der Waals surface area (Å²) in [7, 11) is 1.39. The van der Waals surface area contributed by atoms with Crippen molar-refractivity contribution < 1.29 is 14.3 Å². The number of hydrogen-bond donors (Lipinski definition) is 0. The monoisotopic (exact) mass is 237 g/mol. The fraction of sp³-hybridized carbons (Fsp3) is 0.692. The highest BCUT2D eigenvalue weighted by atomic mass is 16.5. The van der Waals surface area contributed by atoms with E-state index < -0.39 is 0 Å². The Morgan fingerprint density at radius 1 is 1.65 bits per heavy atom. The number of fused-ring (bicyclic) bond motifs is 1. The highest BCUT2D eigenvalue weighted by Crippen LogP contribution is 2.44. The summed E-state index contributed by atoms with van der Waals surface area (Å²) in [6.45, 7) is 2.67. The van der Waals surface area contributed by atoms with Gasteiger partial charge in [-0.2, -0.15) is 0 Å². The van der Waals surface area contributed by atoms with Crippen molar-refractivity contribution in [3.63, 3.8) is 0 Å². The average Bonchev–Trinajstić information content (AvgIpc) is 2.37. The summed E-state index contributed by atoms with van der Waals surface area (Å²) in [5.74, 6) is 0.253. The SMILES string of the molecule is CC[C@@]12C=CCN(C(=O)OC)[C@@H]1CC(=O)CC2. The van der Waals surface area contributed by atoms with E-state index in [1.54, 1.807) is 4.90 Å². The molecule has 1 amide bonds. The second-order valence-electron chi connectivity index (χ2n) is 4.87. The van der Waals surface area contributed by atoms with Gasteiger partial charge in [0.15, 0.2) is 0 Å². The number of carbonyl (C=O) groups excluding carboxylic acids is 2. The van der Waals surface area contributed by atoms with E-state index in [2.05, 4.69) is 13.0 Å². The van der Waals surface area contributed by atoms with Crippen molar-refractivity contribution in [2.24, 2.45) is 5.41 Å². The Kier molecular flexibility index (Phi) is 3.22. The molecule has 94 valence electrons. The van der Waals surface area contributed by atoms with Gasteiger partial charge in [-0.15, -0.1) is 0 Å². The minimum atomic E-state index is -0.327. The first-order chi connectivity index (χ1) is 8.13. The molecule has 0 spiro atoms. The molecule has 0 bridgehead atoms. The predicted molar refractivity (Wildman–Crippen MR) is 63.6 cm³/mol. The van der Waals surface area contributed by atoms with Crippen LogP contribution in [0, 0.1) is 5.41 Å². The summed E-state index contributed by atoms with van der Waals surface area (Å²) in [5, 5.41) is 0. The molecule has 1 heterocycles. The Balaban J connectivity index is 2.31. The summed E-state index contributed by atoms with van der Waals surface area (Å²) < 4.78 is 4.81. The van der Waals surface area contributed by atoms with Crippen LogP contribution in [0.3, 0.4) is 0 Å². The molecule has 0 aromatic rings. The van der Waals surface area contributed by atoms with E-state index in [1.165, 1.54) is 7.11 Å².